The fraction of sp³-hybridized carbons (Fsp3) is 0.600. The summed E-state index contributed by atoms with van der Waals surface area (Å²) in [5.41, 5.74) is 0.833. The smallest absolute Gasteiger partial charge is 0.185 e. The molecular weight excluding hydrogens is 228 g/mol. The average molecular weight is 250 g/mol. The molecule has 0 radical (unpaired) electrons. The summed E-state index contributed by atoms with van der Waals surface area (Å²) >= 11 is 0. The summed E-state index contributed by atoms with van der Waals surface area (Å²) in [6, 6.07) is 0. The number of ketones is 2. The van der Waals surface area contributed by atoms with E-state index in [1.807, 2.05) is 6.92 Å². The molecule has 0 amide bonds. The predicted molar refractivity (Wildman–Crippen MR) is 71.2 cm³/mol. The van der Waals surface area contributed by atoms with Crippen LogP contribution in [0.2, 0.25) is 0 Å². The SMILES string of the molecule is CCCC(C)(O)CCC1=CC(=O)C(C)=C(C)C1=O. The van der Waals surface area contributed by atoms with Gasteiger partial charge in [0.05, 0.1) is 5.60 Å². The lowest BCUT2D eigenvalue weighted by molar-refractivity contribution is -0.116. The third kappa shape index (κ3) is 3.39. The van der Waals surface area contributed by atoms with Gasteiger partial charge < -0.3 is 5.11 Å². The zero-order valence-corrected chi connectivity index (χ0v) is 11.7. The van der Waals surface area contributed by atoms with E-state index in [0.29, 0.717) is 36.0 Å². The highest BCUT2D eigenvalue weighted by atomic mass is 16.3. The van der Waals surface area contributed by atoms with Crippen molar-refractivity contribution in [1.29, 1.82) is 0 Å². The first-order chi connectivity index (χ1) is 8.28. The summed E-state index contributed by atoms with van der Waals surface area (Å²) in [6.45, 7) is 7.16. The third-order valence-corrected chi connectivity index (χ3v) is 3.59. The van der Waals surface area contributed by atoms with Gasteiger partial charge in [-0.1, -0.05) is 13.3 Å². The van der Waals surface area contributed by atoms with Crippen molar-refractivity contribution in [3.05, 3.63) is 22.8 Å². The second-order valence-electron chi connectivity index (χ2n) is 5.36. The van der Waals surface area contributed by atoms with Gasteiger partial charge in [-0.2, -0.15) is 0 Å². The Morgan fingerprint density at radius 2 is 1.78 bits per heavy atom. The Hall–Kier alpha value is -1.22. The van der Waals surface area contributed by atoms with Crippen LogP contribution in [0.15, 0.2) is 22.8 Å². The van der Waals surface area contributed by atoms with Crippen LogP contribution in [0, 0.1) is 0 Å². The van der Waals surface area contributed by atoms with E-state index in [2.05, 4.69) is 0 Å². The molecule has 1 atom stereocenters. The molecule has 0 saturated heterocycles. The first-order valence-corrected chi connectivity index (χ1v) is 6.48. The molecule has 100 valence electrons. The molecule has 0 aromatic rings. The van der Waals surface area contributed by atoms with Crippen molar-refractivity contribution >= 4 is 11.6 Å². The van der Waals surface area contributed by atoms with Crippen LogP contribution in [0.5, 0.6) is 0 Å². The molecule has 0 spiro atoms. The quantitative estimate of drug-likeness (QED) is 0.763. The normalized spacial score (nSPS) is 19.9. The molecule has 0 heterocycles. The molecule has 3 nitrogen and oxygen atoms in total. The minimum absolute atomic E-state index is 0.0561. The molecule has 0 saturated carbocycles. The Morgan fingerprint density at radius 1 is 1.17 bits per heavy atom. The minimum Gasteiger partial charge on any atom is -0.390 e. The molecule has 1 rings (SSSR count). The highest BCUT2D eigenvalue weighted by molar-refractivity contribution is 6.22. The zero-order chi connectivity index (χ0) is 13.9. The average Bonchev–Trinajstić information content (AvgIpc) is 2.29. The molecule has 0 aromatic heterocycles. The van der Waals surface area contributed by atoms with Crippen LogP contribution in [0.25, 0.3) is 0 Å². The Kier molecular flexibility index (Phi) is 4.63. The van der Waals surface area contributed by atoms with E-state index in [0.717, 1.165) is 6.42 Å². The van der Waals surface area contributed by atoms with E-state index in [-0.39, 0.29) is 11.6 Å². The fourth-order valence-corrected chi connectivity index (χ4v) is 2.18. The second-order valence-corrected chi connectivity index (χ2v) is 5.36. The van der Waals surface area contributed by atoms with E-state index >= 15 is 0 Å². The van der Waals surface area contributed by atoms with Crippen LogP contribution in [-0.2, 0) is 9.59 Å². The van der Waals surface area contributed by atoms with Gasteiger partial charge >= 0.3 is 0 Å². The molecule has 0 bridgehead atoms. The Bertz CT molecular complexity index is 425. The van der Waals surface area contributed by atoms with Crippen LogP contribution in [0.1, 0.15) is 53.4 Å². The second kappa shape index (κ2) is 5.61. The van der Waals surface area contributed by atoms with Crippen LogP contribution in [0.3, 0.4) is 0 Å². The summed E-state index contributed by atoms with van der Waals surface area (Å²) in [5, 5.41) is 10.1. The van der Waals surface area contributed by atoms with Crippen LogP contribution in [0.4, 0.5) is 0 Å². The van der Waals surface area contributed by atoms with Crippen LogP contribution < -0.4 is 0 Å². The van der Waals surface area contributed by atoms with Gasteiger partial charge in [-0.25, -0.2) is 0 Å². The van der Waals surface area contributed by atoms with Gasteiger partial charge in [-0.05, 0) is 46.1 Å². The molecule has 1 aliphatic rings. The highest BCUT2D eigenvalue weighted by Gasteiger charge is 2.26. The number of aliphatic hydroxyl groups is 1. The summed E-state index contributed by atoms with van der Waals surface area (Å²) in [6.07, 6.45) is 4.00. The fourth-order valence-electron chi connectivity index (χ4n) is 2.18. The number of hydrogen-bond acceptors (Lipinski definition) is 3. The van der Waals surface area contributed by atoms with Crippen molar-refractivity contribution < 1.29 is 14.7 Å². The van der Waals surface area contributed by atoms with Crippen molar-refractivity contribution in [2.24, 2.45) is 0 Å². The van der Waals surface area contributed by atoms with Gasteiger partial charge in [0.15, 0.2) is 11.6 Å². The number of Topliss-reactive ketones (excluding diaryl/α,β-unsaturated/α-hetero) is 1. The molecule has 0 aliphatic heterocycles. The molecule has 1 N–H and O–H groups in total. The zero-order valence-electron chi connectivity index (χ0n) is 11.7. The summed E-state index contributed by atoms with van der Waals surface area (Å²) in [4.78, 5) is 23.7. The number of hydrogen-bond donors (Lipinski definition) is 1. The standard InChI is InChI=1S/C15H22O3/c1-5-7-15(4,18)8-6-12-9-13(16)10(2)11(3)14(12)17/h9,18H,5-8H2,1-4H3. The maximum atomic E-state index is 12.0. The van der Waals surface area contributed by atoms with Gasteiger partial charge in [-0.15, -0.1) is 0 Å². The number of rotatable bonds is 5. The lowest BCUT2D eigenvalue weighted by Gasteiger charge is -2.23. The molecule has 18 heavy (non-hydrogen) atoms. The van der Waals surface area contributed by atoms with Gasteiger partial charge in [0, 0.05) is 16.7 Å². The maximum Gasteiger partial charge on any atom is 0.185 e. The first-order valence-electron chi connectivity index (χ1n) is 6.48. The van der Waals surface area contributed by atoms with E-state index < -0.39 is 5.60 Å². The van der Waals surface area contributed by atoms with Crippen molar-refractivity contribution in [3.8, 4) is 0 Å². The monoisotopic (exact) mass is 250 g/mol. The van der Waals surface area contributed by atoms with Crippen LogP contribution in [-0.4, -0.2) is 22.3 Å². The van der Waals surface area contributed by atoms with Crippen LogP contribution >= 0.6 is 0 Å². The topological polar surface area (TPSA) is 54.4 Å². The summed E-state index contributed by atoms with van der Waals surface area (Å²) in [5.74, 6) is -0.142. The summed E-state index contributed by atoms with van der Waals surface area (Å²) < 4.78 is 0. The predicted octanol–water partition coefficient (Wildman–Crippen LogP) is 2.73. The van der Waals surface area contributed by atoms with Crippen molar-refractivity contribution in [3.63, 3.8) is 0 Å². The largest absolute Gasteiger partial charge is 0.390 e. The number of carbonyl (C=O) groups excluding carboxylic acids is 2. The minimum atomic E-state index is -0.761. The Labute approximate surface area is 109 Å². The molecule has 1 unspecified atom stereocenters. The van der Waals surface area contributed by atoms with Gasteiger partial charge in [-0.3, -0.25) is 9.59 Å². The molecule has 0 aromatic carbocycles. The van der Waals surface area contributed by atoms with Crippen molar-refractivity contribution in [2.75, 3.05) is 0 Å². The van der Waals surface area contributed by atoms with E-state index in [1.54, 1.807) is 20.8 Å². The third-order valence-electron chi connectivity index (χ3n) is 3.59. The molecule has 3 heteroatoms. The van der Waals surface area contributed by atoms with E-state index in [4.69, 9.17) is 0 Å². The van der Waals surface area contributed by atoms with E-state index in [9.17, 15) is 14.7 Å². The highest BCUT2D eigenvalue weighted by Crippen LogP contribution is 2.26. The first kappa shape index (κ1) is 14.8. The number of carbonyl (C=O) groups is 2. The van der Waals surface area contributed by atoms with Gasteiger partial charge in [0.1, 0.15) is 0 Å². The lowest BCUT2D eigenvalue weighted by Crippen LogP contribution is -2.25. The molecule has 0 fully saturated rings. The Morgan fingerprint density at radius 3 is 2.33 bits per heavy atom. The number of allylic oxidation sites excluding steroid dienone is 4. The summed E-state index contributed by atoms with van der Waals surface area (Å²) in [7, 11) is 0. The Balaban J connectivity index is 2.73. The van der Waals surface area contributed by atoms with Crippen molar-refractivity contribution in [1.82, 2.24) is 0 Å². The van der Waals surface area contributed by atoms with Gasteiger partial charge in [0.25, 0.3) is 0 Å². The van der Waals surface area contributed by atoms with E-state index in [1.165, 1.54) is 6.08 Å². The maximum absolute atomic E-state index is 12.0. The lowest BCUT2D eigenvalue weighted by atomic mass is 9.85. The van der Waals surface area contributed by atoms with Crippen molar-refractivity contribution in [2.45, 2.75) is 59.0 Å². The molecular formula is C15H22O3. The molecule has 1 aliphatic carbocycles. The van der Waals surface area contributed by atoms with Gasteiger partial charge in [0.2, 0.25) is 0 Å².